The van der Waals surface area contributed by atoms with Crippen LogP contribution in [0.3, 0.4) is 0 Å². The van der Waals surface area contributed by atoms with Crippen LogP contribution < -0.4 is 10.3 Å². The minimum atomic E-state index is -0.667. The Bertz CT molecular complexity index is 999. The number of hydrogen-bond donors (Lipinski definition) is 1. The normalized spacial score (nSPS) is 15.6. The number of aromatic amines is 1. The Hall–Kier alpha value is -2.62. The lowest BCUT2D eigenvalue weighted by atomic mass is 10.0. The van der Waals surface area contributed by atoms with Crippen LogP contribution in [-0.2, 0) is 0 Å². The van der Waals surface area contributed by atoms with Gasteiger partial charge in [0.1, 0.15) is 6.17 Å². The number of fused-ring (bicyclic) bond motifs is 1. The molecule has 1 saturated heterocycles. The highest BCUT2D eigenvalue weighted by Gasteiger charge is 2.18. The summed E-state index contributed by atoms with van der Waals surface area (Å²) in [5.74, 6) is 0. The van der Waals surface area contributed by atoms with Crippen molar-refractivity contribution in [2.75, 3.05) is 18.0 Å². The molecule has 26 heavy (non-hydrogen) atoms. The highest BCUT2D eigenvalue weighted by Crippen LogP contribution is 2.27. The highest BCUT2D eigenvalue weighted by atomic mass is 19.1. The molecule has 0 radical (unpaired) electrons. The lowest BCUT2D eigenvalue weighted by Crippen LogP contribution is -2.34. The molecule has 4 rings (SSSR count). The van der Waals surface area contributed by atoms with Gasteiger partial charge in [0, 0.05) is 35.2 Å². The number of anilines is 1. The molecule has 4 heteroatoms. The highest BCUT2D eigenvalue weighted by molar-refractivity contribution is 5.83. The number of halogens is 1. The fourth-order valence-corrected chi connectivity index (χ4v) is 3.74. The minimum absolute atomic E-state index is 0.0721. The zero-order valence-electron chi connectivity index (χ0n) is 15.2. The van der Waals surface area contributed by atoms with E-state index in [1.807, 2.05) is 44.2 Å². The number of alkyl halides is 1. The van der Waals surface area contributed by atoms with Crippen molar-refractivity contribution in [3.63, 3.8) is 0 Å². The van der Waals surface area contributed by atoms with Crippen LogP contribution in [0.15, 0.2) is 47.3 Å². The van der Waals surface area contributed by atoms with Crippen LogP contribution in [0.2, 0.25) is 0 Å². The molecular weight excluding hydrogens is 327 g/mol. The van der Waals surface area contributed by atoms with Crippen LogP contribution in [0, 0.1) is 13.8 Å². The van der Waals surface area contributed by atoms with Gasteiger partial charge >= 0.3 is 0 Å². The molecule has 0 amide bonds. The summed E-state index contributed by atoms with van der Waals surface area (Å²) in [6, 6.07) is 14.1. The third kappa shape index (κ3) is 3.00. The van der Waals surface area contributed by atoms with Crippen molar-refractivity contribution in [1.82, 2.24) is 4.98 Å². The molecule has 1 aromatic heterocycles. The molecule has 0 spiro atoms. The Morgan fingerprint density at radius 1 is 1.04 bits per heavy atom. The molecule has 3 aromatic rings. The molecule has 3 nitrogen and oxygen atoms in total. The van der Waals surface area contributed by atoms with Gasteiger partial charge in [0.2, 0.25) is 0 Å². The van der Waals surface area contributed by atoms with Crippen LogP contribution >= 0.6 is 0 Å². The van der Waals surface area contributed by atoms with Gasteiger partial charge in [0.15, 0.2) is 5.43 Å². The molecule has 0 saturated carbocycles. The Morgan fingerprint density at radius 3 is 2.42 bits per heavy atom. The van der Waals surface area contributed by atoms with E-state index in [0.29, 0.717) is 12.8 Å². The molecule has 1 aliphatic rings. The molecule has 1 fully saturated rings. The maximum Gasteiger partial charge on any atom is 0.192 e. The number of nitrogens with one attached hydrogen (secondary N) is 1. The van der Waals surface area contributed by atoms with Gasteiger partial charge in [0.05, 0.1) is 5.69 Å². The van der Waals surface area contributed by atoms with Gasteiger partial charge in [-0.25, -0.2) is 4.39 Å². The fourth-order valence-electron chi connectivity index (χ4n) is 3.74. The lowest BCUT2D eigenvalue weighted by molar-refractivity contribution is 0.277. The largest absolute Gasteiger partial charge is 0.371 e. The summed E-state index contributed by atoms with van der Waals surface area (Å²) in [5, 5.41) is 0.725. The summed E-state index contributed by atoms with van der Waals surface area (Å²) in [4.78, 5) is 18.4. The van der Waals surface area contributed by atoms with Crippen molar-refractivity contribution < 1.29 is 4.39 Å². The first-order valence-corrected chi connectivity index (χ1v) is 9.15. The zero-order valence-corrected chi connectivity index (χ0v) is 15.2. The summed E-state index contributed by atoms with van der Waals surface area (Å²) in [7, 11) is 0. The number of rotatable bonds is 2. The first-order valence-electron chi connectivity index (χ1n) is 9.15. The first-order chi connectivity index (χ1) is 12.5. The topological polar surface area (TPSA) is 36.1 Å². The van der Waals surface area contributed by atoms with Crippen LogP contribution in [0.25, 0.3) is 22.2 Å². The monoisotopic (exact) mass is 350 g/mol. The van der Waals surface area contributed by atoms with Crippen LogP contribution in [0.5, 0.6) is 0 Å². The third-order valence-electron chi connectivity index (χ3n) is 5.34. The second kappa shape index (κ2) is 6.60. The van der Waals surface area contributed by atoms with Crippen molar-refractivity contribution in [3.05, 3.63) is 63.8 Å². The summed E-state index contributed by atoms with van der Waals surface area (Å²) in [5.41, 5.74) is 5.75. The smallest absolute Gasteiger partial charge is 0.192 e. The number of pyridine rings is 1. The average Bonchev–Trinajstić information content (AvgIpc) is 2.65. The summed E-state index contributed by atoms with van der Waals surface area (Å²) in [6.07, 6.45) is 0.524. The molecule has 1 aliphatic heterocycles. The fraction of sp³-hybridized carbons (Fsp3) is 0.318. The third-order valence-corrected chi connectivity index (χ3v) is 5.34. The van der Waals surface area contributed by atoms with Gasteiger partial charge in [-0.2, -0.15) is 0 Å². The van der Waals surface area contributed by atoms with E-state index in [1.54, 1.807) is 0 Å². The maximum atomic E-state index is 13.3. The predicted molar refractivity (Wildman–Crippen MR) is 106 cm³/mol. The van der Waals surface area contributed by atoms with Gasteiger partial charge in [-0.3, -0.25) is 4.79 Å². The van der Waals surface area contributed by atoms with E-state index in [0.717, 1.165) is 52.1 Å². The quantitative estimate of drug-likeness (QED) is 0.724. The minimum Gasteiger partial charge on any atom is -0.371 e. The van der Waals surface area contributed by atoms with E-state index in [-0.39, 0.29) is 5.43 Å². The molecule has 0 unspecified atom stereocenters. The van der Waals surface area contributed by atoms with Crippen molar-refractivity contribution in [2.45, 2.75) is 32.9 Å². The van der Waals surface area contributed by atoms with Gasteiger partial charge in [-0.1, -0.05) is 18.2 Å². The van der Waals surface area contributed by atoms with Crippen LogP contribution in [0.4, 0.5) is 10.1 Å². The number of nitrogens with zero attached hydrogens (tertiary/aromatic N) is 1. The Labute approximate surface area is 152 Å². The Kier molecular flexibility index (Phi) is 4.27. The van der Waals surface area contributed by atoms with Crippen molar-refractivity contribution in [2.24, 2.45) is 0 Å². The first kappa shape index (κ1) is 16.8. The SMILES string of the molecule is Cc1ccc2c(=O)c(C)c(-c3ccc(N4CCC(F)CC4)cc3)[nH]c2c1. The van der Waals surface area contributed by atoms with Crippen LogP contribution in [-0.4, -0.2) is 24.2 Å². The lowest BCUT2D eigenvalue weighted by Gasteiger charge is -2.30. The van der Waals surface area contributed by atoms with Gasteiger partial charge in [-0.05, 0) is 62.1 Å². The van der Waals surface area contributed by atoms with Crippen molar-refractivity contribution in [1.29, 1.82) is 0 Å². The number of piperidine rings is 1. The van der Waals surface area contributed by atoms with Crippen molar-refractivity contribution in [3.8, 4) is 11.3 Å². The molecule has 0 atom stereocenters. The summed E-state index contributed by atoms with van der Waals surface area (Å²) in [6.45, 7) is 5.40. The van der Waals surface area contributed by atoms with E-state index >= 15 is 0 Å². The van der Waals surface area contributed by atoms with E-state index in [1.165, 1.54) is 0 Å². The molecular formula is C22H23FN2O. The molecule has 134 valence electrons. The zero-order chi connectivity index (χ0) is 18.3. The molecule has 2 heterocycles. The van der Waals surface area contributed by atoms with Crippen LogP contribution in [0.1, 0.15) is 24.0 Å². The van der Waals surface area contributed by atoms with E-state index in [4.69, 9.17) is 0 Å². The number of benzene rings is 2. The number of H-pyrrole nitrogens is 1. The standard InChI is InChI=1S/C22H23FN2O/c1-14-3-8-19-20(13-14)24-21(15(2)22(19)26)16-4-6-18(7-5-16)25-11-9-17(23)10-12-25/h3-8,13,17H,9-12H2,1-2H3,(H,24,26). The molecule has 2 aromatic carbocycles. The molecule has 0 aliphatic carbocycles. The number of aromatic nitrogens is 1. The average molecular weight is 350 g/mol. The second-order valence-electron chi connectivity index (χ2n) is 7.21. The van der Waals surface area contributed by atoms with E-state index < -0.39 is 6.17 Å². The summed E-state index contributed by atoms with van der Waals surface area (Å²) < 4.78 is 13.3. The van der Waals surface area contributed by atoms with E-state index in [2.05, 4.69) is 22.0 Å². The van der Waals surface area contributed by atoms with E-state index in [9.17, 15) is 9.18 Å². The summed E-state index contributed by atoms with van der Waals surface area (Å²) >= 11 is 0. The number of hydrogen-bond acceptors (Lipinski definition) is 2. The van der Waals surface area contributed by atoms with Gasteiger partial charge < -0.3 is 9.88 Å². The van der Waals surface area contributed by atoms with Gasteiger partial charge in [0.25, 0.3) is 0 Å². The molecule has 0 bridgehead atoms. The predicted octanol–water partition coefficient (Wildman–Crippen LogP) is 4.75. The Balaban J connectivity index is 1.71. The maximum absolute atomic E-state index is 13.3. The van der Waals surface area contributed by atoms with Crippen molar-refractivity contribution >= 4 is 16.6 Å². The van der Waals surface area contributed by atoms with Gasteiger partial charge in [-0.15, -0.1) is 0 Å². The second-order valence-corrected chi connectivity index (χ2v) is 7.21. The Morgan fingerprint density at radius 2 is 1.73 bits per heavy atom. The molecule has 1 N–H and O–H groups in total. The number of aryl methyl sites for hydroxylation is 1.